The standard InChI is InChI=1S/C12H10ClFN2/c1-7-3-4-11(14)9(5-7)10-6-15-12(13)16-8(10)2/h3-6H,1-2H3. The van der Waals surface area contributed by atoms with Crippen molar-refractivity contribution in [3.63, 3.8) is 0 Å². The summed E-state index contributed by atoms with van der Waals surface area (Å²) in [6, 6.07) is 4.94. The fourth-order valence-corrected chi connectivity index (χ4v) is 1.72. The van der Waals surface area contributed by atoms with Gasteiger partial charge in [-0.2, -0.15) is 0 Å². The highest BCUT2D eigenvalue weighted by Crippen LogP contribution is 2.25. The van der Waals surface area contributed by atoms with Crippen molar-refractivity contribution < 1.29 is 4.39 Å². The van der Waals surface area contributed by atoms with Gasteiger partial charge in [0.05, 0.1) is 5.69 Å². The van der Waals surface area contributed by atoms with Crippen LogP contribution in [-0.2, 0) is 0 Å². The maximum atomic E-state index is 13.6. The summed E-state index contributed by atoms with van der Waals surface area (Å²) < 4.78 is 13.6. The zero-order valence-corrected chi connectivity index (χ0v) is 9.72. The molecule has 82 valence electrons. The molecule has 0 atom stereocenters. The maximum Gasteiger partial charge on any atom is 0.222 e. The molecule has 0 amide bonds. The lowest BCUT2D eigenvalue weighted by Crippen LogP contribution is -1.94. The molecular formula is C12H10ClFN2. The Bertz CT molecular complexity index is 541. The van der Waals surface area contributed by atoms with Gasteiger partial charge in [-0.3, -0.25) is 0 Å². The lowest BCUT2D eigenvalue weighted by molar-refractivity contribution is 0.630. The molecule has 1 aromatic carbocycles. The molecule has 0 spiro atoms. The Balaban J connectivity index is 2.62. The van der Waals surface area contributed by atoms with Crippen LogP contribution in [0, 0.1) is 19.7 Å². The molecule has 0 aliphatic rings. The Hall–Kier alpha value is -1.48. The van der Waals surface area contributed by atoms with Crippen molar-refractivity contribution in [2.75, 3.05) is 0 Å². The van der Waals surface area contributed by atoms with E-state index in [-0.39, 0.29) is 11.1 Å². The van der Waals surface area contributed by atoms with Crippen LogP contribution in [0.1, 0.15) is 11.3 Å². The van der Waals surface area contributed by atoms with E-state index < -0.39 is 0 Å². The molecule has 2 nitrogen and oxygen atoms in total. The first kappa shape index (κ1) is 11.0. The van der Waals surface area contributed by atoms with Crippen molar-refractivity contribution in [2.45, 2.75) is 13.8 Å². The maximum absolute atomic E-state index is 13.6. The average Bonchev–Trinajstić information content (AvgIpc) is 2.22. The molecule has 0 fully saturated rings. The first-order chi connectivity index (χ1) is 7.58. The predicted octanol–water partition coefficient (Wildman–Crippen LogP) is 3.55. The summed E-state index contributed by atoms with van der Waals surface area (Å²) >= 11 is 5.66. The van der Waals surface area contributed by atoms with E-state index in [1.54, 1.807) is 25.3 Å². The van der Waals surface area contributed by atoms with Gasteiger partial charge in [-0.15, -0.1) is 0 Å². The molecule has 0 N–H and O–H groups in total. The fourth-order valence-electron chi connectivity index (χ4n) is 1.55. The minimum absolute atomic E-state index is 0.175. The molecule has 1 aromatic heterocycles. The van der Waals surface area contributed by atoms with Crippen LogP contribution in [0.4, 0.5) is 4.39 Å². The summed E-state index contributed by atoms with van der Waals surface area (Å²) in [4.78, 5) is 7.88. The Morgan fingerprint density at radius 2 is 1.94 bits per heavy atom. The van der Waals surface area contributed by atoms with Crippen LogP contribution in [0.5, 0.6) is 0 Å². The first-order valence-corrected chi connectivity index (χ1v) is 5.21. The number of rotatable bonds is 1. The summed E-state index contributed by atoms with van der Waals surface area (Å²) in [6.07, 6.45) is 1.54. The van der Waals surface area contributed by atoms with E-state index >= 15 is 0 Å². The Labute approximate surface area is 98.1 Å². The summed E-state index contributed by atoms with van der Waals surface area (Å²) in [5.41, 5.74) is 2.84. The molecule has 0 radical (unpaired) electrons. The third-order valence-corrected chi connectivity index (χ3v) is 2.54. The second-order valence-electron chi connectivity index (χ2n) is 3.62. The second kappa shape index (κ2) is 4.18. The van der Waals surface area contributed by atoms with Crippen molar-refractivity contribution in [3.8, 4) is 11.1 Å². The van der Waals surface area contributed by atoms with E-state index in [1.807, 2.05) is 6.92 Å². The van der Waals surface area contributed by atoms with Crippen molar-refractivity contribution in [3.05, 3.63) is 46.8 Å². The minimum Gasteiger partial charge on any atom is -0.226 e. The van der Waals surface area contributed by atoms with Crippen LogP contribution in [-0.4, -0.2) is 9.97 Å². The largest absolute Gasteiger partial charge is 0.226 e. The smallest absolute Gasteiger partial charge is 0.222 e. The minimum atomic E-state index is -0.278. The molecule has 16 heavy (non-hydrogen) atoms. The third-order valence-electron chi connectivity index (χ3n) is 2.36. The van der Waals surface area contributed by atoms with Gasteiger partial charge in [0.25, 0.3) is 0 Å². The molecule has 0 aliphatic carbocycles. The number of hydrogen-bond acceptors (Lipinski definition) is 2. The summed E-state index contributed by atoms with van der Waals surface area (Å²) in [6.45, 7) is 3.69. The quantitative estimate of drug-likeness (QED) is 0.708. The number of hydrogen-bond donors (Lipinski definition) is 0. The monoisotopic (exact) mass is 236 g/mol. The topological polar surface area (TPSA) is 25.8 Å². The van der Waals surface area contributed by atoms with Crippen LogP contribution in [0.2, 0.25) is 5.28 Å². The van der Waals surface area contributed by atoms with Crippen LogP contribution in [0.25, 0.3) is 11.1 Å². The van der Waals surface area contributed by atoms with Gasteiger partial charge in [-0.05, 0) is 37.6 Å². The van der Waals surface area contributed by atoms with E-state index in [9.17, 15) is 4.39 Å². The zero-order valence-electron chi connectivity index (χ0n) is 8.96. The highest BCUT2D eigenvalue weighted by Gasteiger charge is 2.09. The SMILES string of the molecule is Cc1ccc(F)c(-c2cnc(Cl)nc2C)c1. The molecular weight excluding hydrogens is 227 g/mol. The van der Waals surface area contributed by atoms with Crippen LogP contribution in [0.15, 0.2) is 24.4 Å². The predicted molar refractivity (Wildman–Crippen MR) is 61.9 cm³/mol. The molecule has 2 aromatic rings. The van der Waals surface area contributed by atoms with Crippen molar-refractivity contribution in [1.29, 1.82) is 0 Å². The first-order valence-electron chi connectivity index (χ1n) is 4.83. The Morgan fingerprint density at radius 3 is 2.62 bits per heavy atom. The van der Waals surface area contributed by atoms with Gasteiger partial charge in [-0.1, -0.05) is 11.6 Å². The zero-order chi connectivity index (χ0) is 11.7. The van der Waals surface area contributed by atoms with Crippen LogP contribution < -0.4 is 0 Å². The Kier molecular flexibility index (Phi) is 2.88. The molecule has 4 heteroatoms. The molecule has 0 saturated carbocycles. The van der Waals surface area contributed by atoms with Gasteiger partial charge in [0, 0.05) is 17.3 Å². The highest BCUT2D eigenvalue weighted by molar-refractivity contribution is 6.28. The van der Waals surface area contributed by atoms with Crippen molar-refractivity contribution in [2.24, 2.45) is 0 Å². The van der Waals surface area contributed by atoms with Gasteiger partial charge < -0.3 is 0 Å². The summed E-state index contributed by atoms with van der Waals surface area (Å²) in [7, 11) is 0. The molecule has 0 saturated heterocycles. The number of halogens is 2. The van der Waals surface area contributed by atoms with Gasteiger partial charge in [0.15, 0.2) is 0 Å². The van der Waals surface area contributed by atoms with E-state index in [0.717, 1.165) is 5.56 Å². The highest BCUT2D eigenvalue weighted by atomic mass is 35.5. The van der Waals surface area contributed by atoms with Crippen molar-refractivity contribution in [1.82, 2.24) is 9.97 Å². The van der Waals surface area contributed by atoms with Gasteiger partial charge >= 0.3 is 0 Å². The number of nitrogens with zero attached hydrogens (tertiary/aromatic N) is 2. The number of aromatic nitrogens is 2. The lowest BCUT2D eigenvalue weighted by atomic mass is 10.0. The Morgan fingerprint density at radius 1 is 1.19 bits per heavy atom. The lowest BCUT2D eigenvalue weighted by Gasteiger charge is -2.07. The molecule has 1 heterocycles. The van der Waals surface area contributed by atoms with E-state index in [1.165, 1.54) is 6.07 Å². The molecule has 0 aliphatic heterocycles. The fraction of sp³-hybridized carbons (Fsp3) is 0.167. The summed E-state index contributed by atoms with van der Waals surface area (Å²) in [5.74, 6) is -0.278. The van der Waals surface area contributed by atoms with Crippen LogP contribution >= 0.6 is 11.6 Å². The molecule has 2 rings (SSSR count). The normalized spacial score (nSPS) is 10.5. The van der Waals surface area contributed by atoms with E-state index in [4.69, 9.17) is 11.6 Å². The van der Waals surface area contributed by atoms with E-state index in [0.29, 0.717) is 16.8 Å². The average molecular weight is 237 g/mol. The molecule has 0 unspecified atom stereocenters. The molecule has 0 bridgehead atoms. The third kappa shape index (κ3) is 2.04. The number of aryl methyl sites for hydroxylation is 2. The van der Waals surface area contributed by atoms with Gasteiger partial charge in [0.2, 0.25) is 5.28 Å². The van der Waals surface area contributed by atoms with Crippen LogP contribution in [0.3, 0.4) is 0 Å². The second-order valence-corrected chi connectivity index (χ2v) is 3.96. The van der Waals surface area contributed by atoms with E-state index in [2.05, 4.69) is 9.97 Å². The van der Waals surface area contributed by atoms with Crippen molar-refractivity contribution >= 4 is 11.6 Å². The van der Waals surface area contributed by atoms with Gasteiger partial charge in [0.1, 0.15) is 5.82 Å². The summed E-state index contributed by atoms with van der Waals surface area (Å²) in [5, 5.41) is 0.175. The van der Waals surface area contributed by atoms with Gasteiger partial charge in [-0.25, -0.2) is 14.4 Å². The number of benzene rings is 1.